The number of nitrogens with one attached hydrogen (secondary N) is 1. The van der Waals surface area contributed by atoms with Gasteiger partial charge in [0.2, 0.25) is 5.91 Å². The molecule has 0 atom stereocenters. The number of nitrogens with zero attached hydrogens (tertiary/aromatic N) is 1. The van der Waals surface area contributed by atoms with Gasteiger partial charge in [0.1, 0.15) is 0 Å². The Morgan fingerprint density at radius 3 is 2.42 bits per heavy atom. The zero-order valence-electron chi connectivity index (χ0n) is 14.5. The van der Waals surface area contributed by atoms with Crippen molar-refractivity contribution in [1.82, 2.24) is 10.2 Å². The monoisotopic (exact) mass is 368 g/mol. The number of piperidine rings is 1. The van der Waals surface area contributed by atoms with Crippen molar-refractivity contribution in [2.24, 2.45) is 5.92 Å². The molecule has 1 saturated heterocycles. The molecule has 2 aliphatic rings. The summed E-state index contributed by atoms with van der Waals surface area (Å²) in [6, 6.07) is 10.4. The van der Waals surface area contributed by atoms with Gasteiger partial charge in [-0.25, -0.2) is 0 Å². The Labute approximate surface area is 156 Å². The molecule has 1 heterocycles. The molecule has 0 unspecified atom stereocenters. The number of benzene rings is 1. The molecular weight excluding hydrogens is 340 g/mol. The molecule has 0 aromatic heterocycles. The number of hydrogen-bond acceptors (Lipinski definition) is 3. The third kappa shape index (κ3) is 4.47. The molecule has 0 spiro atoms. The summed E-state index contributed by atoms with van der Waals surface area (Å²) in [6.07, 6.45) is 6.70. The van der Waals surface area contributed by atoms with Gasteiger partial charge in [-0.2, -0.15) is 0 Å². The highest BCUT2D eigenvalue weighted by Crippen LogP contribution is 2.46. The van der Waals surface area contributed by atoms with Crippen LogP contribution in [0, 0.1) is 5.92 Å². The second-order valence-corrected chi connectivity index (χ2v) is 8.37. The first-order chi connectivity index (χ1) is 11.2. The predicted octanol–water partition coefficient (Wildman–Crippen LogP) is 3.97. The van der Waals surface area contributed by atoms with Gasteiger partial charge < -0.3 is 10.2 Å². The summed E-state index contributed by atoms with van der Waals surface area (Å²) in [6.45, 7) is 2.94. The van der Waals surface area contributed by atoms with Crippen LogP contribution >= 0.6 is 24.2 Å². The maximum Gasteiger partial charge on any atom is 0.239 e. The van der Waals surface area contributed by atoms with Gasteiger partial charge in [0.05, 0.1) is 4.75 Å². The predicted molar refractivity (Wildman–Crippen MR) is 104 cm³/mol. The second-order valence-electron chi connectivity index (χ2n) is 6.91. The summed E-state index contributed by atoms with van der Waals surface area (Å²) in [5, 5.41) is 3.27. The van der Waals surface area contributed by atoms with Crippen LogP contribution in [-0.2, 0) is 4.79 Å². The van der Waals surface area contributed by atoms with Gasteiger partial charge in [-0.05, 0) is 57.3 Å². The lowest BCUT2D eigenvalue weighted by atomic mass is 9.95. The van der Waals surface area contributed by atoms with Gasteiger partial charge >= 0.3 is 0 Å². The number of carbonyl (C=O) groups is 1. The highest BCUT2D eigenvalue weighted by molar-refractivity contribution is 8.01. The summed E-state index contributed by atoms with van der Waals surface area (Å²) in [7, 11) is 2.02. The van der Waals surface area contributed by atoms with Gasteiger partial charge in [0.15, 0.2) is 0 Å². The maximum absolute atomic E-state index is 13.3. The molecule has 1 aromatic carbocycles. The molecule has 5 heteroatoms. The number of likely N-dealkylation sites (tertiary alicyclic amines) is 1. The molecule has 1 N–H and O–H groups in total. The Hall–Kier alpha value is -0.710. The lowest BCUT2D eigenvalue weighted by Gasteiger charge is -2.38. The molecule has 1 aliphatic carbocycles. The normalized spacial score (nSPS) is 20.6. The summed E-state index contributed by atoms with van der Waals surface area (Å²) >= 11 is 1.81. The molecule has 24 heavy (non-hydrogen) atoms. The molecule has 2 fully saturated rings. The largest absolute Gasteiger partial charge is 0.341 e. The smallest absolute Gasteiger partial charge is 0.239 e. The van der Waals surface area contributed by atoms with Crippen LogP contribution in [0.4, 0.5) is 0 Å². The van der Waals surface area contributed by atoms with Crippen LogP contribution in [-0.4, -0.2) is 42.2 Å². The molecule has 1 saturated carbocycles. The van der Waals surface area contributed by atoms with E-state index < -0.39 is 0 Å². The number of rotatable bonds is 5. The fourth-order valence-electron chi connectivity index (χ4n) is 3.94. The van der Waals surface area contributed by atoms with E-state index in [0.29, 0.717) is 5.91 Å². The topological polar surface area (TPSA) is 32.3 Å². The van der Waals surface area contributed by atoms with E-state index in [1.165, 1.54) is 17.7 Å². The molecule has 3 nitrogen and oxygen atoms in total. The van der Waals surface area contributed by atoms with Crippen LogP contribution < -0.4 is 5.32 Å². The molecule has 134 valence electrons. The molecule has 0 radical (unpaired) electrons. The van der Waals surface area contributed by atoms with Crippen molar-refractivity contribution in [3.05, 3.63) is 30.3 Å². The third-order valence-corrected chi connectivity index (χ3v) is 6.73. The zero-order chi connectivity index (χ0) is 16.1. The first-order valence-corrected chi connectivity index (χ1v) is 9.73. The number of thioether (sulfide) groups is 1. The Morgan fingerprint density at radius 2 is 1.83 bits per heavy atom. The molecule has 0 bridgehead atoms. The van der Waals surface area contributed by atoms with Crippen molar-refractivity contribution >= 4 is 30.1 Å². The van der Waals surface area contributed by atoms with Crippen molar-refractivity contribution in [1.29, 1.82) is 0 Å². The number of halogens is 1. The van der Waals surface area contributed by atoms with Crippen molar-refractivity contribution in [2.45, 2.75) is 48.2 Å². The Bertz CT molecular complexity index is 511. The zero-order valence-corrected chi connectivity index (χ0v) is 16.1. The summed E-state index contributed by atoms with van der Waals surface area (Å²) < 4.78 is -0.211. The highest BCUT2D eigenvalue weighted by Gasteiger charge is 2.45. The van der Waals surface area contributed by atoms with Crippen LogP contribution in [0.1, 0.15) is 38.5 Å². The van der Waals surface area contributed by atoms with E-state index in [2.05, 4.69) is 34.5 Å². The van der Waals surface area contributed by atoms with Crippen LogP contribution in [0.3, 0.4) is 0 Å². The first kappa shape index (κ1) is 19.6. The fourth-order valence-corrected chi connectivity index (χ4v) is 5.39. The van der Waals surface area contributed by atoms with Crippen molar-refractivity contribution in [2.75, 3.05) is 26.7 Å². The standard InChI is InChI=1S/C19H28N2OS.ClH/c1-20-15-16-9-13-21(14-10-16)18(22)19(11-5-6-12-19)23-17-7-3-2-4-8-17;/h2-4,7-8,16,20H,5-6,9-15H2,1H3;1H. The molecule has 1 aromatic rings. The summed E-state index contributed by atoms with van der Waals surface area (Å²) in [4.78, 5) is 16.7. The molecule has 1 aliphatic heterocycles. The average molecular weight is 369 g/mol. The number of amides is 1. The lowest BCUT2D eigenvalue weighted by Crippen LogP contribution is -2.49. The van der Waals surface area contributed by atoms with Crippen molar-refractivity contribution in [3.63, 3.8) is 0 Å². The van der Waals surface area contributed by atoms with E-state index in [4.69, 9.17) is 0 Å². The van der Waals surface area contributed by atoms with Crippen LogP contribution in [0.2, 0.25) is 0 Å². The fraction of sp³-hybridized carbons (Fsp3) is 0.632. The summed E-state index contributed by atoms with van der Waals surface area (Å²) in [5.41, 5.74) is 0. The SMILES string of the molecule is CNCC1CCN(C(=O)C2(Sc3ccccc3)CCCC2)CC1.Cl. The molecular formula is C19H29ClN2OS. The highest BCUT2D eigenvalue weighted by atomic mass is 35.5. The minimum absolute atomic E-state index is 0. The van der Waals surface area contributed by atoms with Crippen LogP contribution in [0.15, 0.2) is 35.2 Å². The van der Waals surface area contributed by atoms with E-state index in [1.54, 1.807) is 0 Å². The van der Waals surface area contributed by atoms with Crippen LogP contribution in [0.5, 0.6) is 0 Å². The van der Waals surface area contributed by atoms with Crippen molar-refractivity contribution in [3.8, 4) is 0 Å². The average Bonchev–Trinajstić information content (AvgIpc) is 3.06. The van der Waals surface area contributed by atoms with E-state index in [1.807, 2.05) is 24.9 Å². The van der Waals surface area contributed by atoms with Crippen LogP contribution in [0.25, 0.3) is 0 Å². The maximum atomic E-state index is 13.3. The number of hydrogen-bond donors (Lipinski definition) is 1. The van der Waals surface area contributed by atoms with Gasteiger partial charge in [0.25, 0.3) is 0 Å². The quantitative estimate of drug-likeness (QED) is 0.853. The minimum Gasteiger partial charge on any atom is -0.341 e. The Kier molecular flexibility index (Phi) is 7.45. The lowest BCUT2D eigenvalue weighted by molar-refractivity contribution is -0.135. The van der Waals surface area contributed by atoms with E-state index >= 15 is 0 Å². The van der Waals surface area contributed by atoms with E-state index in [0.717, 1.165) is 51.2 Å². The Balaban J connectivity index is 0.00000208. The van der Waals surface area contributed by atoms with E-state index in [9.17, 15) is 4.79 Å². The van der Waals surface area contributed by atoms with Gasteiger partial charge in [-0.15, -0.1) is 24.2 Å². The van der Waals surface area contributed by atoms with Crippen molar-refractivity contribution < 1.29 is 4.79 Å². The number of carbonyl (C=O) groups excluding carboxylic acids is 1. The van der Waals surface area contributed by atoms with Gasteiger partial charge in [-0.3, -0.25) is 4.79 Å². The first-order valence-electron chi connectivity index (χ1n) is 8.91. The van der Waals surface area contributed by atoms with E-state index in [-0.39, 0.29) is 17.2 Å². The summed E-state index contributed by atoms with van der Waals surface area (Å²) in [5.74, 6) is 1.12. The van der Waals surface area contributed by atoms with Gasteiger partial charge in [-0.1, -0.05) is 31.0 Å². The Morgan fingerprint density at radius 1 is 1.21 bits per heavy atom. The van der Waals surface area contributed by atoms with Gasteiger partial charge in [0, 0.05) is 18.0 Å². The molecule has 3 rings (SSSR count). The minimum atomic E-state index is -0.211. The molecule has 1 amide bonds. The third-order valence-electron chi connectivity index (χ3n) is 5.25. The second kappa shape index (κ2) is 9.12.